The molecule has 28 heavy (non-hydrogen) atoms. The standard InChI is InChI=1S/C22H22N4OS/c1-15-13-16(2)24-22(23-15)28-14-21(27)25-18-8-4-6-10-20(18)26-12-11-17-7-3-5-9-19(17)26/h3-10,13H,11-12,14H2,1-2H3,(H,25,27). The molecule has 0 spiro atoms. The van der Waals surface area contributed by atoms with Gasteiger partial charge in [-0.2, -0.15) is 0 Å². The van der Waals surface area contributed by atoms with E-state index in [2.05, 4.69) is 50.5 Å². The van der Waals surface area contributed by atoms with Crippen LogP contribution in [0.1, 0.15) is 17.0 Å². The lowest BCUT2D eigenvalue weighted by molar-refractivity contribution is -0.113. The Hall–Kier alpha value is -2.86. The summed E-state index contributed by atoms with van der Waals surface area (Å²) in [6.45, 7) is 4.78. The molecule has 2 heterocycles. The molecule has 0 fully saturated rings. The largest absolute Gasteiger partial charge is 0.339 e. The topological polar surface area (TPSA) is 58.1 Å². The number of carbonyl (C=O) groups is 1. The highest BCUT2D eigenvalue weighted by molar-refractivity contribution is 7.99. The Morgan fingerprint density at radius 2 is 1.71 bits per heavy atom. The first-order valence-electron chi connectivity index (χ1n) is 9.29. The molecule has 6 heteroatoms. The zero-order valence-corrected chi connectivity index (χ0v) is 16.8. The molecule has 1 amide bonds. The Morgan fingerprint density at radius 3 is 2.50 bits per heavy atom. The van der Waals surface area contributed by atoms with Crippen LogP contribution in [0.25, 0.3) is 0 Å². The van der Waals surface area contributed by atoms with Gasteiger partial charge in [0, 0.05) is 23.6 Å². The molecule has 0 radical (unpaired) electrons. The highest BCUT2D eigenvalue weighted by Gasteiger charge is 2.22. The number of aryl methyl sites for hydroxylation is 2. The number of amides is 1. The molecule has 3 aromatic rings. The minimum atomic E-state index is -0.0623. The Bertz CT molecular complexity index is 1000. The second kappa shape index (κ2) is 8.02. The summed E-state index contributed by atoms with van der Waals surface area (Å²) < 4.78 is 0. The number of carbonyl (C=O) groups excluding carboxylic acids is 1. The summed E-state index contributed by atoms with van der Waals surface area (Å²) in [6.07, 6.45) is 1.01. The Morgan fingerprint density at radius 1 is 1.04 bits per heavy atom. The van der Waals surface area contributed by atoms with Crippen LogP contribution in [0.5, 0.6) is 0 Å². The van der Waals surface area contributed by atoms with E-state index in [4.69, 9.17) is 0 Å². The summed E-state index contributed by atoms with van der Waals surface area (Å²) in [5.74, 6) is 0.209. The van der Waals surface area contributed by atoms with Gasteiger partial charge in [-0.05, 0) is 50.1 Å². The van der Waals surface area contributed by atoms with Crippen molar-refractivity contribution >= 4 is 34.7 Å². The Kier molecular flexibility index (Phi) is 5.30. The van der Waals surface area contributed by atoms with Gasteiger partial charge >= 0.3 is 0 Å². The molecule has 142 valence electrons. The molecule has 5 nitrogen and oxygen atoms in total. The fourth-order valence-corrected chi connectivity index (χ4v) is 4.23. The van der Waals surface area contributed by atoms with Crippen molar-refractivity contribution < 1.29 is 4.79 Å². The summed E-state index contributed by atoms with van der Waals surface area (Å²) in [5.41, 5.74) is 6.22. The fourth-order valence-electron chi connectivity index (χ4n) is 3.48. The van der Waals surface area contributed by atoms with Gasteiger partial charge in [0.2, 0.25) is 5.91 Å². The fraction of sp³-hybridized carbons (Fsp3) is 0.227. The zero-order chi connectivity index (χ0) is 19.5. The monoisotopic (exact) mass is 390 g/mol. The van der Waals surface area contributed by atoms with E-state index in [1.807, 2.05) is 38.1 Å². The van der Waals surface area contributed by atoms with Crippen LogP contribution < -0.4 is 10.2 Å². The summed E-state index contributed by atoms with van der Waals surface area (Å²) in [5, 5.41) is 3.69. The third-order valence-corrected chi connectivity index (χ3v) is 5.50. The van der Waals surface area contributed by atoms with Crippen molar-refractivity contribution in [1.82, 2.24) is 9.97 Å². The molecular weight excluding hydrogens is 368 g/mol. The van der Waals surface area contributed by atoms with E-state index in [0.717, 1.165) is 35.7 Å². The first kappa shape index (κ1) is 18.5. The number of para-hydroxylation sites is 3. The lowest BCUT2D eigenvalue weighted by Gasteiger charge is -2.23. The molecule has 0 bridgehead atoms. The number of hydrogen-bond donors (Lipinski definition) is 1. The van der Waals surface area contributed by atoms with Crippen LogP contribution in [0.4, 0.5) is 17.1 Å². The maximum atomic E-state index is 12.6. The first-order valence-corrected chi connectivity index (χ1v) is 10.3. The van der Waals surface area contributed by atoms with Gasteiger partial charge in [-0.3, -0.25) is 4.79 Å². The van der Waals surface area contributed by atoms with Crippen molar-refractivity contribution in [2.45, 2.75) is 25.4 Å². The highest BCUT2D eigenvalue weighted by Crippen LogP contribution is 2.38. The summed E-state index contributed by atoms with van der Waals surface area (Å²) in [4.78, 5) is 23.6. The normalized spacial score (nSPS) is 12.7. The van der Waals surface area contributed by atoms with E-state index in [0.29, 0.717) is 5.16 Å². The molecule has 2 aromatic carbocycles. The second-order valence-corrected chi connectivity index (χ2v) is 7.76. The lowest BCUT2D eigenvalue weighted by Crippen LogP contribution is -2.19. The van der Waals surface area contributed by atoms with E-state index < -0.39 is 0 Å². The third-order valence-electron chi connectivity index (χ3n) is 4.65. The van der Waals surface area contributed by atoms with Crippen LogP contribution >= 0.6 is 11.8 Å². The van der Waals surface area contributed by atoms with Crippen molar-refractivity contribution in [2.24, 2.45) is 0 Å². The molecule has 0 aliphatic carbocycles. The van der Waals surface area contributed by atoms with Gasteiger partial charge in [0.1, 0.15) is 0 Å². The molecule has 0 unspecified atom stereocenters. The minimum Gasteiger partial charge on any atom is -0.339 e. The second-order valence-electron chi connectivity index (χ2n) is 6.82. The van der Waals surface area contributed by atoms with Gasteiger partial charge in [-0.15, -0.1) is 0 Å². The Balaban J connectivity index is 1.48. The number of rotatable bonds is 5. The minimum absolute atomic E-state index is 0.0623. The quantitative estimate of drug-likeness (QED) is 0.513. The van der Waals surface area contributed by atoms with Crippen LogP contribution in [0.15, 0.2) is 59.8 Å². The van der Waals surface area contributed by atoms with Crippen LogP contribution in [-0.4, -0.2) is 28.2 Å². The van der Waals surface area contributed by atoms with Crippen molar-refractivity contribution in [3.8, 4) is 0 Å². The summed E-state index contributed by atoms with van der Waals surface area (Å²) in [6, 6.07) is 18.3. The molecular formula is C22H22N4OS. The molecule has 0 saturated heterocycles. The maximum Gasteiger partial charge on any atom is 0.234 e. The molecule has 1 aromatic heterocycles. The lowest BCUT2D eigenvalue weighted by atomic mass is 10.2. The van der Waals surface area contributed by atoms with Crippen molar-refractivity contribution in [3.05, 3.63) is 71.5 Å². The van der Waals surface area contributed by atoms with E-state index in [1.165, 1.54) is 23.0 Å². The van der Waals surface area contributed by atoms with Crippen molar-refractivity contribution in [1.29, 1.82) is 0 Å². The van der Waals surface area contributed by atoms with Gasteiger partial charge in [0.05, 0.1) is 17.1 Å². The number of nitrogens with one attached hydrogen (secondary N) is 1. The summed E-state index contributed by atoms with van der Waals surface area (Å²) >= 11 is 1.35. The number of anilines is 3. The Labute approximate surface area is 169 Å². The maximum absolute atomic E-state index is 12.6. The van der Waals surface area contributed by atoms with Gasteiger partial charge in [0.25, 0.3) is 0 Å². The van der Waals surface area contributed by atoms with Gasteiger partial charge in [-0.1, -0.05) is 42.1 Å². The van der Waals surface area contributed by atoms with E-state index in [9.17, 15) is 4.79 Å². The predicted octanol–water partition coefficient (Wildman–Crippen LogP) is 4.52. The molecule has 0 atom stereocenters. The van der Waals surface area contributed by atoms with E-state index in [1.54, 1.807) is 0 Å². The smallest absolute Gasteiger partial charge is 0.234 e. The van der Waals surface area contributed by atoms with Crippen LogP contribution in [0, 0.1) is 13.8 Å². The number of fused-ring (bicyclic) bond motifs is 1. The van der Waals surface area contributed by atoms with Gasteiger partial charge in [-0.25, -0.2) is 9.97 Å². The van der Waals surface area contributed by atoms with E-state index >= 15 is 0 Å². The zero-order valence-electron chi connectivity index (χ0n) is 16.0. The molecule has 1 N–H and O–H groups in total. The summed E-state index contributed by atoms with van der Waals surface area (Å²) in [7, 11) is 0. The van der Waals surface area contributed by atoms with Gasteiger partial charge in [0.15, 0.2) is 5.16 Å². The molecule has 1 aliphatic heterocycles. The van der Waals surface area contributed by atoms with Crippen LogP contribution in [0.2, 0.25) is 0 Å². The number of benzene rings is 2. The van der Waals surface area contributed by atoms with E-state index in [-0.39, 0.29) is 11.7 Å². The number of thioether (sulfide) groups is 1. The first-order chi connectivity index (χ1) is 13.6. The van der Waals surface area contributed by atoms with Gasteiger partial charge < -0.3 is 10.2 Å². The van der Waals surface area contributed by atoms with Crippen molar-refractivity contribution in [2.75, 3.05) is 22.5 Å². The molecule has 0 saturated carbocycles. The number of hydrogen-bond acceptors (Lipinski definition) is 5. The average Bonchev–Trinajstić information content (AvgIpc) is 3.10. The van der Waals surface area contributed by atoms with Crippen molar-refractivity contribution in [3.63, 3.8) is 0 Å². The van der Waals surface area contributed by atoms with Crippen LogP contribution in [0.3, 0.4) is 0 Å². The molecule has 1 aliphatic rings. The SMILES string of the molecule is Cc1cc(C)nc(SCC(=O)Nc2ccccc2N2CCc3ccccc32)n1. The number of aromatic nitrogens is 2. The number of nitrogens with zero attached hydrogens (tertiary/aromatic N) is 3. The average molecular weight is 391 g/mol. The third kappa shape index (κ3) is 4.02. The molecule has 4 rings (SSSR count). The van der Waals surface area contributed by atoms with Crippen LogP contribution in [-0.2, 0) is 11.2 Å². The highest BCUT2D eigenvalue weighted by atomic mass is 32.2. The predicted molar refractivity (Wildman–Crippen MR) is 114 cm³/mol.